The van der Waals surface area contributed by atoms with E-state index in [2.05, 4.69) is 118 Å². The molecule has 1 aromatic carbocycles. The highest BCUT2D eigenvalue weighted by atomic mass is 28.4. The lowest BCUT2D eigenvalue weighted by molar-refractivity contribution is -0.147. The van der Waals surface area contributed by atoms with E-state index < -0.39 is 54.8 Å². The second-order valence-electron chi connectivity index (χ2n) is 19.7. The third-order valence-corrected chi connectivity index (χ3v) is 24.5. The molecule has 0 radical (unpaired) electrons. The van der Waals surface area contributed by atoms with Crippen LogP contribution in [0.4, 0.5) is 4.79 Å². The topological polar surface area (TPSA) is 103 Å². The molecule has 0 aliphatic carbocycles. The Kier molecular flexibility index (Phi) is 16.3. The molecular weight excluding hydrogens is 679 g/mol. The van der Waals surface area contributed by atoms with Crippen molar-refractivity contribution >= 4 is 37.0 Å². The standard InChI is InChI=1S/C39H75NO7Si3/c1-36(2,3)44-35(43)40-32(33(34(41)42)47-50(17,18)39(10,11)12)28-31(46-49(15,16)38(7,8)9)26-22-25-30(27-29-23-20-19-21-24-29)45-48(13,14)37(4,5)6/h19-21,23-24,30-33H,22,25-28H2,1-18H3,(H,40,43)(H,41,42)/t30-,31+,32-,33+/m1/s1. The number of carboxylic acid groups (broad SMARTS) is 1. The van der Waals surface area contributed by atoms with Crippen molar-refractivity contribution in [3.63, 3.8) is 0 Å². The summed E-state index contributed by atoms with van der Waals surface area (Å²) >= 11 is 0. The Hall–Kier alpha value is -1.51. The van der Waals surface area contributed by atoms with E-state index >= 15 is 0 Å². The Labute approximate surface area is 309 Å². The first-order valence-corrected chi connectivity index (χ1v) is 27.3. The molecule has 1 rings (SSSR count). The van der Waals surface area contributed by atoms with E-state index in [9.17, 15) is 14.7 Å². The van der Waals surface area contributed by atoms with Crippen LogP contribution in [0.5, 0.6) is 0 Å². The van der Waals surface area contributed by atoms with E-state index in [1.54, 1.807) is 20.8 Å². The molecule has 0 saturated carbocycles. The van der Waals surface area contributed by atoms with Gasteiger partial charge in [-0.2, -0.15) is 0 Å². The average molecular weight is 754 g/mol. The number of amides is 1. The summed E-state index contributed by atoms with van der Waals surface area (Å²) in [5.74, 6) is -1.10. The zero-order valence-corrected chi connectivity index (χ0v) is 38.1. The maximum absolute atomic E-state index is 13.3. The maximum atomic E-state index is 13.3. The molecule has 290 valence electrons. The van der Waals surface area contributed by atoms with Crippen molar-refractivity contribution in [2.45, 2.75) is 200 Å². The van der Waals surface area contributed by atoms with Crippen LogP contribution in [0.1, 0.15) is 114 Å². The highest BCUT2D eigenvalue weighted by Crippen LogP contribution is 2.41. The molecule has 0 saturated heterocycles. The normalized spacial score (nSPS) is 16.4. The molecule has 0 aliphatic heterocycles. The zero-order valence-electron chi connectivity index (χ0n) is 35.1. The van der Waals surface area contributed by atoms with Gasteiger partial charge in [-0.1, -0.05) is 92.6 Å². The molecule has 1 aromatic rings. The number of aliphatic carboxylic acids is 1. The van der Waals surface area contributed by atoms with Gasteiger partial charge in [0.1, 0.15) is 5.60 Å². The molecule has 2 N–H and O–H groups in total. The fraction of sp³-hybridized carbons (Fsp3) is 0.795. The maximum Gasteiger partial charge on any atom is 0.407 e. The lowest BCUT2D eigenvalue weighted by Gasteiger charge is -2.43. The van der Waals surface area contributed by atoms with Gasteiger partial charge in [0.05, 0.1) is 6.04 Å². The molecule has 50 heavy (non-hydrogen) atoms. The second-order valence-corrected chi connectivity index (χ2v) is 34.0. The van der Waals surface area contributed by atoms with Gasteiger partial charge in [-0.25, -0.2) is 9.59 Å². The molecule has 0 bridgehead atoms. The molecule has 1 amide bonds. The van der Waals surface area contributed by atoms with E-state index in [1.807, 2.05) is 19.2 Å². The number of carboxylic acids is 1. The lowest BCUT2D eigenvalue weighted by Crippen LogP contribution is -2.56. The monoisotopic (exact) mass is 753 g/mol. The second kappa shape index (κ2) is 17.5. The molecule has 0 unspecified atom stereocenters. The Morgan fingerprint density at radius 3 is 1.52 bits per heavy atom. The number of hydrogen-bond acceptors (Lipinski definition) is 6. The number of carbonyl (C=O) groups excluding carboxylic acids is 1. The zero-order chi connectivity index (χ0) is 39.1. The van der Waals surface area contributed by atoms with Gasteiger partial charge in [0.15, 0.2) is 31.1 Å². The first-order valence-electron chi connectivity index (χ1n) is 18.6. The van der Waals surface area contributed by atoms with Crippen molar-refractivity contribution in [3.05, 3.63) is 35.9 Å². The highest BCUT2D eigenvalue weighted by Gasteiger charge is 2.46. The van der Waals surface area contributed by atoms with Crippen LogP contribution in [0.25, 0.3) is 0 Å². The minimum Gasteiger partial charge on any atom is -0.479 e. The number of hydrogen-bond donors (Lipinski definition) is 2. The van der Waals surface area contributed by atoms with Gasteiger partial charge in [0, 0.05) is 12.2 Å². The van der Waals surface area contributed by atoms with E-state index in [1.165, 1.54) is 5.56 Å². The van der Waals surface area contributed by atoms with Crippen molar-refractivity contribution in [1.82, 2.24) is 5.32 Å². The molecule has 11 heteroatoms. The van der Waals surface area contributed by atoms with E-state index in [0.29, 0.717) is 6.42 Å². The Balaban J connectivity index is 3.55. The summed E-state index contributed by atoms with van der Waals surface area (Å²) in [7, 11) is -6.91. The predicted octanol–water partition coefficient (Wildman–Crippen LogP) is 10.9. The van der Waals surface area contributed by atoms with Crippen molar-refractivity contribution in [3.8, 4) is 0 Å². The van der Waals surface area contributed by atoms with Gasteiger partial charge in [-0.15, -0.1) is 0 Å². The third-order valence-electron chi connectivity index (χ3n) is 10.9. The van der Waals surface area contributed by atoms with Crippen LogP contribution in [-0.4, -0.2) is 72.1 Å². The fourth-order valence-electron chi connectivity index (χ4n) is 4.86. The summed E-state index contributed by atoms with van der Waals surface area (Å²) in [6, 6.07) is 9.64. The quantitative estimate of drug-likeness (QED) is 0.153. The van der Waals surface area contributed by atoms with Crippen molar-refractivity contribution in [2.24, 2.45) is 0 Å². The molecule has 0 aromatic heterocycles. The van der Waals surface area contributed by atoms with Crippen LogP contribution in [0.15, 0.2) is 30.3 Å². The minimum absolute atomic E-state index is 0.0381. The highest BCUT2D eigenvalue weighted by molar-refractivity contribution is 6.75. The number of benzene rings is 1. The van der Waals surface area contributed by atoms with E-state index in [4.69, 9.17) is 18.0 Å². The first kappa shape index (κ1) is 46.5. The SMILES string of the molecule is CC(C)(C)OC(=O)N[C@H](C[C@H](CCC[C@H](Cc1ccccc1)O[Si](C)(C)C(C)(C)C)O[Si](C)(C)C(C)(C)C)[C@H](O[Si](C)(C)C(C)(C)C)C(=O)O. The number of alkyl carbamates (subject to hydrolysis) is 1. The van der Waals surface area contributed by atoms with Gasteiger partial charge in [-0.05, 0) is 113 Å². The van der Waals surface area contributed by atoms with Gasteiger partial charge < -0.3 is 28.4 Å². The molecule has 0 heterocycles. The first-order chi connectivity index (χ1) is 22.3. The molecule has 8 nitrogen and oxygen atoms in total. The number of carbonyl (C=O) groups is 2. The molecule has 0 aliphatic rings. The van der Waals surface area contributed by atoms with Gasteiger partial charge >= 0.3 is 12.1 Å². The van der Waals surface area contributed by atoms with Gasteiger partial charge in [0.2, 0.25) is 0 Å². The summed E-state index contributed by atoms with van der Waals surface area (Å²) in [5, 5.41) is 13.3. The third kappa shape index (κ3) is 15.2. The summed E-state index contributed by atoms with van der Waals surface area (Å²) in [5.41, 5.74) is 0.502. The number of rotatable bonds is 17. The number of nitrogens with one attached hydrogen (secondary N) is 1. The van der Waals surface area contributed by atoms with Crippen LogP contribution in [-0.2, 0) is 29.2 Å². The van der Waals surface area contributed by atoms with Crippen molar-refractivity contribution in [2.75, 3.05) is 0 Å². The average Bonchev–Trinajstić information content (AvgIpc) is 2.88. The molecule has 0 fully saturated rings. The fourth-order valence-corrected chi connectivity index (χ4v) is 8.91. The lowest BCUT2D eigenvalue weighted by atomic mass is 9.98. The Morgan fingerprint density at radius 2 is 1.10 bits per heavy atom. The predicted molar refractivity (Wildman–Crippen MR) is 216 cm³/mol. The smallest absolute Gasteiger partial charge is 0.407 e. The molecular formula is C39H75NO7Si3. The minimum atomic E-state index is -2.55. The number of ether oxygens (including phenoxy) is 1. The summed E-state index contributed by atoms with van der Waals surface area (Å²) in [6.07, 6.45) is 1.26. The Morgan fingerprint density at radius 1 is 0.680 bits per heavy atom. The Bertz CT molecular complexity index is 1210. The van der Waals surface area contributed by atoms with Crippen LogP contribution in [0.2, 0.25) is 54.4 Å². The largest absolute Gasteiger partial charge is 0.479 e. The summed E-state index contributed by atoms with van der Waals surface area (Å²) < 4.78 is 26.3. The summed E-state index contributed by atoms with van der Waals surface area (Å²) in [6.45, 7) is 38.1. The van der Waals surface area contributed by atoms with Gasteiger partial charge in [-0.3, -0.25) is 0 Å². The molecule has 4 atom stereocenters. The summed E-state index contributed by atoms with van der Waals surface area (Å²) in [4.78, 5) is 26.2. The van der Waals surface area contributed by atoms with Crippen LogP contribution >= 0.6 is 0 Å². The van der Waals surface area contributed by atoms with E-state index in [-0.39, 0.29) is 33.7 Å². The van der Waals surface area contributed by atoms with Crippen LogP contribution < -0.4 is 5.32 Å². The molecule has 0 spiro atoms. The van der Waals surface area contributed by atoms with Crippen molar-refractivity contribution in [1.29, 1.82) is 0 Å². The van der Waals surface area contributed by atoms with E-state index in [0.717, 1.165) is 19.3 Å². The van der Waals surface area contributed by atoms with Crippen LogP contribution in [0, 0.1) is 0 Å². The van der Waals surface area contributed by atoms with Crippen LogP contribution in [0.3, 0.4) is 0 Å². The van der Waals surface area contributed by atoms with Crippen molar-refractivity contribution < 1.29 is 32.7 Å². The van der Waals surface area contributed by atoms with Gasteiger partial charge in [0.25, 0.3) is 0 Å².